The van der Waals surface area contributed by atoms with Gasteiger partial charge in [0.25, 0.3) is 0 Å². The van der Waals surface area contributed by atoms with Crippen LogP contribution in [0.2, 0.25) is 0 Å². The molecule has 0 fully saturated rings. The largest absolute Gasteiger partial charge is 0.493 e. The molecule has 94 valence electrons. The third kappa shape index (κ3) is 4.10. The van der Waals surface area contributed by atoms with Crippen LogP contribution >= 0.6 is 0 Å². The van der Waals surface area contributed by atoms with E-state index in [0.29, 0.717) is 24.3 Å². The van der Waals surface area contributed by atoms with Crippen molar-refractivity contribution in [3.63, 3.8) is 0 Å². The van der Waals surface area contributed by atoms with Crippen molar-refractivity contribution >= 4 is 5.78 Å². The SMILES string of the molecule is CCCCC(=O)Cc1ccc(OC)c(OC)c1. The Morgan fingerprint density at radius 3 is 2.47 bits per heavy atom. The highest BCUT2D eigenvalue weighted by Crippen LogP contribution is 2.27. The Bertz CT molecular complexity index is 372. The first-order valence-corrected chi connectivity index (χ1v) is 5.93. The number of methoxy groups -OCH3 is 2. The van der Waals surface area contributed by atoms with Crippen molar-refractivity contribution in [3.05, 3.63) is 23.8 Å². The Morgan fingerprint density at radius 2 is 1.88 bits per heavy atom. The second-order valence-corrected chi connectivity index (χ2v) is 4.01. The zero-order valence-electron chi connectivity index (χ0n) is 10.8. The lowest BCUT2D eigenvalue weighted by Crippen LogP contribution is -2.02. The summed E-state index contributed by atoms with van der Waals surface area (Å²) < 4.78 is 10.4. The Hall–Kier alpha value is -1.51. The maximum absolute atomic E-state index is 11.7. The van der Waals surface area contributed by atoms with E-state index < -0.39 is 0 Å². The lowest BCUT2D eigenvalue weighted by Gasteiger charge is -2.09. The van der Waals surface area contributed by atoms with Crippen molar-refractivity contribution in [2.45, 2.75) is 32.6 Å². The van der Waals surface area contributed by atoms with Crippen LogP contribution in [-0.2, 0) is 11.2 Å². The van der Waals surface area contributed by atoms with E-state index in [9.17, 15) is 4.79 Å². The molecule has 0 saturated heterocycles. The molecule has 0 atom stereocenters. The minimum absolute atomic E-state index is 0.277. The van der Waals surface area contributed by atoms with Gasteiger partial charge in [0.15, 0.2) is 11.5 Å². The summed E-state index contributed by atoms with van der Waals surface area (Å²) in [7, 11) is 3.20. The van der Waals surface area contributed by atoms with Crippen LogP contribution in [0.4, 0.5) is 0 Å². The molecule has 0 amide bonds. The van der Waals surface area contributed by atoms with Crippen molar-refractivity contribution in [1.82, 2.24) is 0 Å². The molecule has 1 aromatic carbocycles. The predicted octanol–water partition coefficient (Wildman–Crippen LogP) is 3.01. The third-order valence-corrected chi connectivity index (χ3v) is 2.66. The number of ketones is 1. The van der Waals surface area contributed by atoms with E-state index in [0.717, 1.165) is 18.4 Å². The molecule has 0 aliphatic carbocycles. The maximum Gasteiger partial charge on any atom is 0.161 e. The molecule has 1 aromatic rings. The second-order valence-electron chi connectivity index (χ2n) is 4.01. The molecule has 0 spiro atoms. The molecule has 0 heterocycles. The minimum Gasteiger partial charge on any atom is -0.493 e. The van der Waals surface area contributed by atoms with E-state index in [1.54, 1.807) is 14.2 Å². The highest BCUT2D eigenvalue weighted by Gasteiger charge is 2.07. The van der Waals surface area contributed by atoms with Crippen LogP contribution in [0.15, 0.2) is 18.2 Å². The third-order valence-electron chi connectivity index (χ3n) is 2.66. The summed E-state index contributed by atoms with van der Waals surface area (Å²) in [5, 5.41) is 0. The first kappa shape index (κ1) is 13.6. The minimum atomic E-state index is 0.277. The van der Waals surface area contributed by atoms with Gasteiger partial charge in [0.2, 0.25) is 0 Å². The number of carbonyl (C=O) groups excluding carboxylic acids is 1. The van der Waals surface area contributed by atoms with Gasteiger partial charge >= 0.3 is 0 Å². The highest BCUT2D eigenvalue weighted by atomic mass is 16.5. The van der Waals surface area contributed by atoms with Gasteiger partial charge in [0, 0.05) is 12.8 Å². The summed E-state index contributed by atoms with van der Waals surface area (Å²) in [5.41, 5.74) is 0.976. The summed E-state index contributed by atoms with van der Waals surface area (Å²) >= 11 is 0. The Labute approximate surface area is 103 Å². The average molecular weight is 236 g/mol. The summed E-state index contributed by atoms with van der Waals surface area (Å²) in [6.45, 7) is 2.09. The molecule has 0 aliphatic heterocycles. The molecule has 1 rings (SSSR count). The fourth-order valence-corrected chi connectivity index (χ4v) is 1.68. The standard InChI is InChI=1S/C14H20O3/c1-4-5-6-12(15)9-11-7-8-13(16-2)14(10-11)17-3/h7-8,10H,4-6,9H2,1-3H3. The fraction of sp³-hybridized carbons (Fsp3) is 0.500. The van der Waals surface area contributed by atoms with Crippen LogP contribution in [0.3, 0.4) is 0 Å². The van der Waals surface area contributed by atoms with E-state index in [-0.39, 0.29) is 5.78 Å². The quantitative estimate of drug-likeness (QED) is 0.730. The van der Waals surface area contributed by atoms with E-state index >= 15 is 0 Å². The molecule has 3 heteroatoms. The first-order chi connectivity index (χ1) is 8.21. The van der Waals surface area contributed by atoms with Gasteiger partial charge in [0.1, 0.15) is 5.78 Å². The zero-order valence-corrected chi connectivity index (χ0v) is 10.8. The van der Waals surface area contributed by atoms with E-state index in [4.69, 9.17) is 9.47 Å². The molecule has 0 saturated carbocycles. The zero-order chi connectivity index (χ0) is 12.7. The molecule has 0 aromatic heterocycles. The molecular weight excluding hydrogens is 216 g/mol. The van der Waals surface area contributed by atoms with Crippen LogP contribution < -0.4 is 9.47 Å². The number of rotatable bonds is 7. The Kier molecular flexibility index (Phi) is 5.53. The molecule has 0 radical (unpaired) electrons. The van der Waals surface area contributed by atoms with Crippen molar-refractivity contribution in [2.75, 3.05) is 14.2 Å². The van der Waals surface area contributed by atoms with Crippen LogP contribution in [0.5, 0.6) is 11.5 Å². The molecule has 17 heavy (non-hydrogen) atoms. The van der Waals surface area contributed by atoms with Gasteiger partial charge < -0.3 is 9.47 Å². The van der Waals surface area contributed by atoms with Gasteiger partial charge in [-0.3, -0.25) is 4.79 Å². The Morgan fingerprint density at radius 1 is 1.18 bits per heavy atom. The molecule has 0 N–H and O–H groups in total. The fourth-order valence-electron chi connectivity index (χ4n) is 1.68. The van der Waals surface area contributed by atoms with Crippen LogP contribution in [0.25, 0.3) is 0 Å². The van der Waals surface area contributed by atoms with Gasteiger partial charge in [-0.15, -0.1) is 0 Å². The maximum atomic E-state index is 11.7. The van der Waals surface area contributed by atoms with Gasteiger partial charge in [0.05, 0.1) is 14.2 Å². The van der Waals surface area contributed by atoms with E-state index in [1.165, 1.54) is 0 Å². The molecular formula is C14H20O3. The summed E-state index contributed by atoms with van der Waals surface area (Å²) in [6.07, 6.45) is 3.15. The number of carbonyl (C=O) groups is 1. The van der Waals surface area contributed by atoms with Crippen molar-refractivity contribution in [2.24, 2.45) is 0 Å². The Balaban J connectivity index is 2.68. The summed E-state index contributed by atoms with van der Waals surface area (Å²) in [4.78, 5) is 11.7. The first-order valence-electron chi connectivity index (χ1n) is 5.93. The molecule has 0 aliphatic rings. The van der Waals surface area contributed by atoms with Crippen LogP contribution in [-0.4, -0.2) is 20.0 Å². The lowest BCUT2D eigenvalue weighted by atomic mass is 10.0. The number of hydrogen-bond acceptors (Lipinski definition) is 3. The molecule has 3 nitrogen and oxygen atoms in total. The van der Waals surface area contributed by atoms with Gasteiger partial charge in [-0.25, -0.2) is 0 Å². The van der Waals surface area contributed by atoms with Gasteiger partial charge in [-0.1, -0.05) is 19.4 Å². The van der Waals surface area contributed by atoms with Crippen molar-refractivity contribution < 1.29 is 14.3 Å². The average Bonchev–Trinajstić information content (AvgIpc) is 2.36. The number of ether oxygens (including phenoxy) is 2. The molecule has 0 bridgehead atoms. The van der Waals surface area contributed by atoms with Gasteiger partial charge in [-0.2, -0.15) is 0 Å². The molecule has 0 unspecified atom stereocenters. The van der Waals surface area contributed by atoms with Crippen LogP contribution in [0, 0.1) is 0 Å². The summed E-state index contributed by atoms with van der Waals surface area (Å²) in [5.74, 6) is 1.64. The predicted molar refractivity (Wildman–Crippen MR) is 67.8 cm³/mol. The number of benzene rings is 1. The summed E-state index contributed by atoms with van der Waals surface area (Å²) in [6, 6.07) is 5.61. The van der Waals surface area contributed by atoms with Gasteiger partial charge in [-0.05, 0) is 24.1 Å². The second kappa shape index (κ2) is 6.94. The van der Waals surface area contributed by atoms with Crippen molar-refractivity contribution in [3.8, 4) is 11.5 Å². The van der Waals surface area contributed by atoms with Crippen LogP contribution in [0.1, 0.15) is 31.7 Å². The normalized spacial score (nSPS) is 10.1. The number of unbranched alkanes of at least 4 members (excludes halogenated alkanes) is 1. The van der Waals surface area contributed by atoms with E-state index in [2.05, 4.69) is 6.92 Å². The topological polar surface area (TPSA) is 35.5 Å². The van der Waals surface area contributed by atoms with Crippen molar-refractivity contribution in [1.29, 1.82) is 0 Å². The highest BCUT2D eigenvalue weighted by molar-refractivity contribution is 5.81. The number of hydrogen-bond donors (Lipinski definition) is 0. The number of Topliss-reactive ketones (excluding diaryl/α,β-unsaturated/α-hetero) is 1. The van der Waals surface area contributed by atoms with E-state index in [1.807, 2.05) is 18.2 Å². The lowest BCUT2D eigenvalue weighted by molar-refractivity contribution is -0.118. The smallest absolute Gasteiger partial charge is 0.161 e. The monoisotopic (exact) mass is 236 g/mol.